The molecule has 0 spiro atoms. The zero-order valence-corrected chi connectivity index (χ0v) is 15.4. The quantitative estimate of drug-likeness (QED) is 0.754. The molecule has 1 fully saturated rings. The minimum absolute atomic E-state index is 0.0303. The van der Waals surface area contributed by atoms with Crippen molar-refractivity contribution >= 4 is 33.0 Å². The Morgan fingerprint density at radius 3 is 2.96 bits per heavy atom. The van der Waals surface area contributed by atoms with Gasteiger partial charge in [0.25, 0.3) is 0 Å². The average Bonchev–Trinajstić information content (AvgIpc) is 3.12. The van der Waals surface area contributed by atoms with Crippen LogP contribution in [0.4, 0.5) is 0 Å². The third kappa shape index (κ3) is 3.44. The minimum atomic E-state index is -3.01. The Hall–Kier alpha value is -1.54. The van der Waals surface area contributed by atoms with Crippen LogP contribution in [0.1, 0.15) is 20.3 Å². The van der Waals surface area contributed by atoms with Crippen LogP contribution in [0.15, 0.2) is 35.7 Å². The first-order chi connectivity index (χ1) is 11.4. The fraction of sp³-hybridized carbons (Fsp3) is 0.500. The molecule has 8 heteroatoms. The van der Waals surface area contributed by atoms with Gasteiger partial charge in [-0.25, -0.2) is 13.4 Å². The van der Waals surface area contributed by atoms with Gasteiger partial charge in [-0.15, -0.1) is 0 Å². The molecule has 0 N–H and O–H groups in total. The van der Waals surface area contributed by atoms with E-state index in [0.717, 1.165) is 10.7 Å². The molecule has 2 aromatic rings. The van der Waals surface area contributed by atoms with Crippen LogP contribution < -0.4 is 0 Å². The van der Waals surface area contributed by atoms with Crippen molar-refractivity contribution in [1.29, 1.82) is 0 Å². The van der Waals surface area contributed by atoms with Gasteiger partial charge in [0.1, 0.15) is 0 Å². The van der Waals surface area contributed by atoms with Crippen LogP contribution in [0, 0.1) is 0 Å². The highest BCUT2D eigenvalue weighted by molar-refractivity contribution is 8.00. The maximum atomic E-state index is 12.8. The molecule has 24 heavy (non-hydrogen) atoms. The summed E-state index contributed by atoms with van der Waals surface area (Å²) in [6, 6.07) is 5.63. The summed E-state index contributed by atoms with van der Waals surface area (Å²) < 4.78 is 25.3. The summed E-state index contributed by atoms with van der Waals surface area (Å²) in [5.74, 6) is 0.224. The van der Waals surface area contributed by atoms with Crippen LogP contribution in [0.25, 0.3) is 5.52 Å². The molecule has 1 aliphatic rings. The zero-order chi connectivity index (χ0) is 17.3. The predicted molar refractivity (Wildman–Crippen MR) is 95.0 cm³/mol. The van der Waals surface area contributed by atoms with Gasteiger partial charge in [-0.3, -0.25) is 9.20 Å². The second-order valence-electron chi connectivity index (χ2n) is 5.98. The number of hydrogen-bond acceptors (Lipinski definition) is 5. The molecule has 1 amide bonds. The van der Waals surface area contributed by atoms with E-state index in [4.69, 9.17) is 0 Å². The second kappa shape index (κ2) is 6.76. The Morgan fingerprint density at radius 2 is 2.29 bits per heavy atom. The van der Waals surface area contributed by atoms with Crippen molar-refractivity contribution in [3.8, 4) is 0 Å². The first kappa shape index (κ1) is 17.3. The Labute approximate surface area is 146 Å². The van der Waals surface area contributed by atoms with E-state index in [-0.39, 0.29) is 28.7 Å². The molecular weight excluding hydrogens is 346 g/mol. The van der Waals surface area contributed by atoms with Crippen LogP contribution >= 0.6 is 11.8 Å². The number of thioether (sulfide) groups is 1. The minimum Gasteiger partial charge on any atom is -0.338 e. The van der Waals surface area contributed by atoms with Gasteiger partial charge in [0, 0.05) is 18.8 Å². The summed E-state index contributed by atoms with van der Waals surface area (Å²) in [5, 5.41) is 0.445. The average molecular weight is 367 g/mol. The molecule has 1 aliphatic heterocycles. The molecule has 3 rings (SSSR count). The number of pyridine rings is 1. The molecule has 1 saturated heterocycles. The summed E-state index contributed by atoms with van der Waals surface area (Å²) in [6.07, 6.45) is 4.23. The smallest absolute Gasteiger partial charge is 0.236 e. The normalized spacial score (nSPS) is 21.0. The molecule has 2 atom stereocenters. The number of amides is 1. The van der Waals surface area contributed by atoms with Gasteiger partial charge in [-0.05, 0) is 32.4 Å². The Kier molecular flexibility index (Phi) is 4.87. The number of nitrogens with zero attached hydrogens (tertiary/aromatic N) is 3. The molecule has 6 nitrogen and oxygen atoms in total. The lowest BCUT2D eigenvalue weighted by Crippen LogP contribution is -2.44. The number of fused-ring (bicyclic) bond motifs is 1. The standard InChI is InChI=1S/C16H21N3O3S2/c1-3-18(14-7-9-24(21,22)11-14)15(20)12(2)23-16-17-10-13-6-4-5-8-19(13)16/h4-6,8,10,12,14H,3,7,9,11H2,1-2H3/t12-,14+/m0/s1. The van der Waals surface area contributed by atoms with Gasteiger partial charge in [0.2, 0.25) is 5.91 Å². The molecule has 0 aliphatic carbocycles. The molecule has 0 bridgehead atoms. The Balaban J connectivity index is 1.73. The number of carbonyl (C=O) groups excluding carboxylic acids is 1. The van der Waals surface area contributed by atoms with E-state index in [1.807, 2.05) is 42.6 Å². The van der Waals surface area contributed by atoms with Gasteiger partial charge in [-0.2, -0.15) is 0 Å². The third-order valence-electron chi connectivity index (χ3n) is 4.31. The van der Waals surface area contributed by atoms with Crippen molar-refractivity contribution < 1.29 is 13.2 Å². The largest absolute Gasteiger partial charge is 0.338 e. The van der Waals surface area contributed by atoms with Crippen molar-refractivity contribution in [2.75, 3.05) is 18.1 Å². The van der Waals surface area contributed by atoms with Crippen molar-refractivity contribution in [3.63, 3.8) is 0 Å². The highest BCUT2D eigenvalue weighted by atomic mass is 32.2. The molecule has 2 aromatic heterocycles. The van der Waals surface area contributed by atoms with Crippen LogP contribution in [-0.4, -0.2) is 58.0 Å². The first-order valence-corrected chi connectivity index (χ1v) is 10.7. The number of imidazole rings is 1. The van der Waals surface area contributed by atoms with Crippen LogP contribution in [0.2, 0.25) is 0 Å². The van der Waals surface area contributed by atoms with E-state index in [0.29, 0.717) is 13.0 Å². The highest BCUT2D eigenvalue weighted by Gasteiger charge is 2.35. The van der Waals surface area contributed by atoms with Gasteiger partial charge < -0.3 is 4.90 Å². The number of sulfone groups is 1. The summed E-state index contributed by atoms with van der Waals surface area (Å²) >= 11 is 1.40. The van der Waals surface area contributed by atoms with Crippen molar-refractivity contribution in [2.45, 2.75) is 36.7 Å². The summed E-state index contributed by atoms with van der Waals surface area (Å²) in [4.78, 5) is 18.9. The van der Waals surface area contributed by atoms with Crippen molar-refractivity contribution in [3.05, 3.63) is 30.6 Å². The zero-order valence-electron chi connectivity index (χ0n) is 13.8. The molecule has 130 valence electrons. The van der Waals surface area contributed by atoms with Gasteiger partial charge in [0.15, 0.2) is 15.0 Å². The maximum absolute atomic E-state index is 12.8. The van der Waals surface area contributed by atoms with E-state index in [9.17, 15) is 13.2 Å². The maximum Gasteiger partial charge on any atom is 0.236 e. The van der Waals surface area contributed by atoms with Crippen LogP contribution in [0.3, 0.4) is 0 Å². The molecule has 3 heterocycles. The van der Waals surface area contributed by atoms with Crippen LogP contribution in [0.5, 0.6) is 0 Å². The molecule has 0 radical (unpaired) electrons. The lowest BCUT2D eigenvalue weighted by molar-refractivity contribution is -0.131. The second-order valence-corrected chi connectivity index (χ2v) is 9.51. The summed E-state index contributed by atoms with van der Waals surface area (Å²) in [6.45, 7) is 4.26. The van der Waals surface area contributed by atoms with E-state index < -0.39 is 9.84 Å². The van der Waals surface area contributed by atoms with Gasteiger partial charge >= 0.3 is 0 Å². The topological polar surface area (TPSA) is 71.8 Å². The van der Waals surface area contributed by atoms with Gasteiger partial charge in [-0.1, -0.05) is 17.8 Å². The fourth-order valence-electron chi connectivity index (χ4n) is 3.06. The van der Waals surface area contributed by atoms with Crippen LogP contribution in [-0.2, 0) is 14.6 Å². The van der Waals surface area contributed by atoms with E-state index in [2.05, 4.69) is 4.98 Å². The summed E-state index contributed by atoms with van der Waals surface area (Å²) in [7, 11) is -3.01. The van der Waals surface area contributed by atoms with E-state index >= 15 is 0 Å². The Bertz CT molecular complexity index is 847. The number of rotatable bonds is 5. The monoisotopic (exact) mass is 367 g/mol. The fourth-order valence-corrected chi connectivity index (χ4v) is 5.74. The molecular formula is C16H21N3O3S2. The van der Waals surface area contributed by atoms with Crippen molar-refractivity contribution in [2.24, 2.45) is 0 Å². The first-order valence-electron chi connectivity index (χ1n) is 8.01. The van der Waals surface area contributed by atoms with E-state index in [1.165, 1.54) is 11.8 Å². The Morgan fingerprint density at radius 1 is 1.50 bits per heavy atom. The van der Waals surface area contributed by atoms with E-state index in [1.54, 1.807) is 11.1 Å². The SMILES string of the molecule is CCN(C(=O)[C@H](C)Sc1ncc2ccccn12)[C@@H]1CCS(=O)(=O)C1. The summed E-state index contributed by atoms with van der Waals surface area (Å²) in [5.41, 5.74) is 0.980. The lowest BCUT2D eigenvalue weighted by atomic mass is 10.2. The third-order valence-corrected chi connectivity index (χ3v) is 7.13. The number of hydrogen-bond donors (Lipinski definition) is 0. The van der Waals surface area contributed by atoms with Crippen molar-refractivity contribution in [1.82, 2.24) is 14.3 Å². The highest BCUT2D eigenvalue weighted by Crippen LogP contribution is 2.26. The number of carbonyl (C=O) groups is 1. The predicted octanol–water partition coefficient (Wildman–Crippen LogP) is 1.85. The number of aromatic nitrogens is 2. The molecule has 0 saturated carbocycles. The molecule has 0 aromatic carbocycles. The lowest BCUT2D eigenvalue weighted by Gasteiger charge is -2.29. The van der Waals surface area contributed by atoms with Gasteiger partial charge in [0.05, 0.1) is 28.5 Å². The molecule has 0 unspecified atom stereocenters.